The van der Waals surface area contributed by atoms with Crippen LogP contribution in [-0.4, -0.2) is 17.4 Å². The monoisotopic (exact) mass is 286 g/mol. The van der Waals surface area contributed by atoms with Crippen molar-refractivity contribution in [2.45, 2.75) is 40.2 Å². The number of Topliss-reactive ketones (excluding diaryl/α,β-unsaturated/α-hetero) is 1. The zero-order chi connectivity index (χ0) is 16.5. The Morgan fingerprint density at radius 2 is 1.57 bits per heavy atom. The molecule has 0 heterocycles. The maximum atomic E-state index is 11.4. The highest BCUT2D eigenvalue weighted by Gasteiger charge is 2.20. The molecule has 0 aromatic heterocycles. The molecule has 0 unspecified atom stereocenters. The van der Waals surface area contributed by atoms with Crippen LogP contribution < -0.4 is 0 Å². The van der Waals surface area contributed by atoms with Gasteiger partial charge in [-0.3, -0.25) is 0 Å². The van der Waals surface area contributed by atoms with Crippen LogP contribution in [0.25, 0.3) is 0 Å². The smallest absolute Gasteiger partial charge is 0.334 e. The van der Waals surface area contributed by atoms with Crippen LogP contribution in [0.2, 0.25) is 0 Å². The van der Waals surface area contributed by atoms with Crippen molar-refractivity contribution in [1.29, 1.82) is 0 Å². The lowest BCUT2D eigenvalue weighted by molar-refractivity contribution is -0.146. The first kappa shape index (κ1) is 18.7. The molecule has 112 valence electrons. The normalized spacial score (nSPS) is 9.38. The summed E-state index contributed by atoms with van der Waals surface area (Å²) in [6.07, 6.45) is 0. The van der Waals surface area contributed by atoms with Crippen molar-refractivity contribution < 1.29 is 14.3 Å². The van der Waals surface area contributed by atoms with Gasteiger partial charge in [-0.25, -0.2) is 4.79 Å². The molecular weight excluding hydrogens is 264 g/mol. The van der Waals surface area contributed by atoms with Crippen molar-refractivity contribution in [3.8, 4) is 11.8 Å². The van der Waals surface area contributed by atoms with Crippen LogP contribution in [-0.2, 0) is 14.3 Å². The fourth-order valence-electron chi connectivity index (χ4n) is 1.09. The van der Waals surface area contributed by atoms with E-state index >= 15 is 0 Å². The zero-order valence-electron chi connectivity index (χ0n) is 13.3. The van der Waals surface area contributed by atoms with E-state index in [0.29, 0.717) is 5.57 Å². The van der Waals surface area contributed by atoms with Gasteiger partial charge in [0.1, 0.15) is 5.78 Å². The molecule has 1 rings (SSSR count). The molecule has 21 heavy (non-hydrogen) atoms. The fraction of sp³-hybridized carbons (Fsp3) is 0.333. The van der Waals surface area contributed by atoms with Crippen molar-refractivity contribution in [2.75, 3.05) is 0 Å². The van der Waals surface area contributed by atoms with E-state index < -0.39 is 11.6 Å². The summed E-state index contributed by atoms with van der Waals surface area (Å²) in [6, 6.07) is 9.57. The second kappa shape index (κ2) is 8.76. The van der Waals surface area contributed by atoms with E-state index in [4.69, 9.17) is 4.74 Å². The molecule has 0 fully saturated rings. The van der Waals surface area contributed by atoms with Crippen molar-refractivity contribution >= 4 is 11.8 Å². The molecule has 0 saturated heterocycles. The molecule has 0 saturated carbocycles. The van der Waals surface area contributed by atoms with Crippen molar-refractivity contribution in [3.63, 3.8) is 0 Å². The predicted octanol–water partition coefficient (Wildman–Crippen LogP) is 3.53. The molecule has 0 atom stereocenters. The molecule has 0 aliphatic heterocycles. The number of hydrogen-bond acceptors (Lipinski definition) is 3. The van der Waals surface area contributed by atoms with Gasteiger partial charge in [0, 0.05) is 11.1 Å². The maximum absolute atomic E-state index is 11.4. The second-order valence-electron chi connectivity index (χ2n) is 5.20. The summed E-state index contributed by atoms with van der Waals surface area (Å²) in [5.41, 5.74) is 0.456. The molecule has 3 heteroatoms. The van der Waals surface area contributed by atoms with E-state index in [2.05, 4.69) is 18.4 Å². The molecular formula is C18H22O3. The molecule has 0 aliphatic carbocycles. The van der Waals surface area contributed by atoms with Crippen LogP contribution in [0.4, 0.5) is 0 Å². The van der Waals surface area contributed by atoms with Crippen molar-refractivity contribution in [1.82, 2.24) is 0 Å². The van der Waals surface area contributed by atoms with Crippen LogP contribution in [0.15, 0.2) is 42.5 Å². The van der Waals surface area contributed by atoms with Crippen molar-refractivity contribution in [2.24, 2.45) is 0 Å². The SMILES string of the molecule is C=C(C)C(=O)OC(C)(C)C#Cc1ccccc1.CC(C)=O. The minimum atomic E-state index is -0.814. The van der Waals surface area contributed by atoms with E-state index in [1.54, 1.807) is 20.8 Å². The molecule has 0 bridgehead atoms. The van der Waals surface area contributed by atoms with E-state index in [9.17, 15) is 9.59 Å². The number of carbonyl (C=O) groups is 2. The maximum Gasteiger partial charge on any atom is 0.334 e. The Morgan fingerprint density at radius 3 is 2.00 bits per heavy atom. The van der Waals surface area contributed by atoms with Crippen LogP contribution in [0.5, 0.6) is 0 Å². The Balaban J connectivity index is 0.000000885. The molecule has 0 spiro atoms. The second-order valence-corrected chi connectivity index (χ2v) is 5.20. The molecule has 1 aromatic carbocycles. The highest BCUT2D eigenvalue weighted by atomic mass is 16.6. The number of hydrogen-bond donors (Lipinski definition) is 0. The van der Waals surface area contributed by atoms with Gasteiger partial charge in [-0.15, -0.1) is 0 Å². The van der Waals surface area contributed by atoms with E-state index in [1.165, 1.54) is 13.8 Å². The highest BCUT2D eigenvalue weighted by molar-refractivity contribution is 5.87. The standard InChI is InChI=1S/C15H16O2.C3H6O/c1-12(2)14(16)17-15(3,4)11-10-13-8-6-5-7-9-13;1-3(2)4/h5-9H,1H2,2-4H3;1-2H3. The van der Waals surface area contributed by atoms with E-state index in [-0.39, 0.29) is 5.78 Å². The van der Waals surface area contributed by atoms with E-state index in [1.807, 2.05) is 30.3 Å². The lowest BCUT2D eigenvalue weighted by Gasteiger charge is -2.18. The van der Waals surface area contributed by atoms with Crippen molar-refractivity contribution in [3.05, 3.63) is 48.0 Å². The summed E-state index contributed by atoms with van der Waals surface area (Å²) >= 11 is 0. The molecule has 0 aliphatic rings. The Bertz CT molecular complexity index is 553. The van der Waals surface area contributed by atoms with Gasteiger partial charge in [0.2, 0.25) is 0 Å². The quantitative estimate of drug-likeness (QED) is 0.474. The number of benzene rings is 1. The first-order chi connectivity index (χ1) is 9.64. The number of ketones is 1. The third-order valence-corrected chi connectivity index (χ3v) is 1.98. The van der Waals surface area contributed by atoms with Gasteiger partial charge in [-0.05, 0) is 46.8 Å². The number of rotatable bonds is 2. The average Bonchev–Trinajstić information content (AvgIpc) is 2.36. The minimum absolute atomic E-state index is 0.167. The third-order valence-electron chi connectivity index (χ3n) is 1.98. The third kappa shape index (κ3) is 10.1. The van der Waals surface area contributed by atoms with Gasteiger partial charge in [0.25, 0.3) is 0 Å². The van der Waals surface area contributed by atoms with Gasteiger partial charge in [-0.2, -0.15) is 0 Å². The van der Waals surface area contributed by atoms with Gasteiger partial charge < -0.3 is 9.53 Å². The summed E-state index contributed by atoms with van der Waals surface area (Å²) in [7, 11) is 0. The summed E-state index contributed by atoms with van der Waals surface area (Å²) in [5, 5.41) is 0. The summed E-state index contributed by atoms with van der Waals surface area (Å²) in [4.78, 5) is 20.8. The largest absolute Gasteiger partial charge is 0.443 e. The number of esters is 1. The zero-order valence-corrected chi connectivity index (χ0v) is 13.3. The summed E-state index contributed by atoms with van der Waals surface area (Å²) < 4.78 is 5.21. The van der Waals surface area contributed by atoms with Gasteiger partial charge in [0.15, 0.2) is 5.60 Å². The Labute approximate surface area is 127 Å². The first-order valence-corrected chi connectivity index (χ1v) is 6.58. The number of carbonyl (C=O) groups excluding carboxylic acids is 2. The summed E-state index contributed by atoms with van der Waals surface area (Å²) in [6.45, 7) is 11.7. The minimum Gasteiger partial charge on any atom is -0.443 e. The average molecular weight is 286 g/mol. The predicted molar refractivity (Wildman–Crippen MR) is 84.7 cm³/mol. The lowest BCUT2D eigenvalue weighted by atomic mass is 10.1. The summed E-state index contributed by atoms with van der Waals surface area (Å²) in [5.74, 6) is 5.65. The first-order valence-electron chi connectivity index (χ1n) is 6.58. The van der Waals surface area contributed by atoms with Crippen LogP contribution >= 0.6 is 0 Å². The molecule has 0 radical (unpaired) electrons. The van der Waals surface area contributed by atoms with E-state index in [0.717, 1.165) is 5.56 Å². The topological polar surface area (TPSA) is 43.4 Å². The van der Waals surface area contributed by atoms with Crippen LogP contribution in [0, 0.1) is 11.8 Å². The Hall–Kier alpha value is -2.34. The molecule has 3 nitrogen and oxygen atoms in total. The van der Waals surface area contributed by atoms with Crippen LogP contribution in [0.1, 0.15) is 40.2 Å². The van der Waals surface area contributed by atoms with Crippen LogP contribution in [0.3, 0.4) is 0 Å². The molecule has 1 aromatic rings. The van der Waals surface area contributed by atoms with Gasteiger partial charge in [-0.1, -0.05) is 36.6 Å². The van der Waals surface area contributed by atoms with Gasteiger partial charge >= 0.3 is 5.97 Å². The Morgan fingerprint density at radius 1 is 1.10 bits per heavy atom. The number of ether oxygens (including phenoxy) is 1. The highest BCUT2D eigenvalue weighted by Crippen LogP contribution is 2.10. The fourth-order valence-corrected chi connectivity index (χ4v) is 1.09. The van der Waals surface area contributed by atoms with Gasteiger partial charge in [0.05, 0.1) is 0 Å². The molecule has 0 amide bonds. The Kier molecular flexibility index (Phi) is 7.78. The molecule has 0 N–H and O–H groups in total. The lowest BCUT2D eigenvalue weighted by Crippen LogP contribution is -2.26.